The molecule has 0 atom stereocenters. The molecule has 3 rings (SSSR count). The number of hydrogen-bond acceptors (Lipinski definition) is 0. The fourth-order valence-electron chi connectivity index (χ4n) is 4.82. The zero-order chi connectivity index (χ0) is 21.1. The molecule has 29 heavy (non-hydrogen) atoms. The fourth-order valence-corrected chi connectivity index (χ4v) is 30.6. The molecule has 0 N–H and O–H groups in total. The van der Waals surface area contributed by atoms with Gasteiger partial charge in [0.1, 0.15) is 0 Å². The summed E-state index contributed by atoms with van der Waals surface area (Å²) in [4.78, 5) is 7.79. The van der Waals surface area contributed by atoms with Gasteiger partial charge in [-0.15, -0.1) is 0 Å². The summed E-state index contributed by atoms with van der Waals surface area (Å²) in [5.74, 6) is 0. The SMILES string of the molecule is C[Si](C)(C)/[C](=C(\B(c1ccccc1)c1ccccc1)c1ccccc1)[Sn]([CH3])([CH3])[CH3]. The van der Waals surface area contributed by atoms with Crippen LogP contribution in [-0.2, 0) is 0 Å². The molecule has 3 aromatic rings. The summed E-state index contributed by atoms with van der Waals surface area (Å²) in [5, 5.41) is 0. The molecule has 3 heteroatoms. The Labute approximate surface area is 183 Å². The monoisotopic (exact) mass is 504 g/mol. The van der Waals surface area contributed by atoms with Gasteiger partial charge in [0, 0.05) is 0 Å². The number of hydrogen-bond donors (Lipinski definition) is 0. The maximum absolute atomic E-state index is 2.60. The van der Waals surface area contributed by atoms with E-state index in [0.29, 0.717) is 0 Å². The molecule has 0 spiro atoms. The van der Waals surface area contributed by atoms with E-state index in [0.717, 1.165) is 0 Å². The molecule has 0 bridgehead atoms. The first-order chi connectivity index (χ1) is 13.7. The molecule has 0 aliphatic rings. The second-order valence-corrected chi connectivity index (χ2v) is 30.6. The van der Waals surface area contributed by atoms with Crippen LogP contribution in [0.15, 0.2) is 94.2 Å². The Morgan fingerprint density at radius 3 is 1.34 bits per heavy atom. The van der Waals surface area contributed by atoms with Crippen molar-refractivity contribution in [2.24, 2.45) is 0 Å². The molecule has 148 valence electrons. The fraction of sp³-hybridized carbons (Fsp3) is 0.231. The van der Waals surface area contributed by atoms with Crippen molar-refractivity contribution < 1.29 is 0 Å². The van der Waals surface area contributed by atoms with Crippen molar-refractivity contribution in [2.75, 3.05) is 0 Å². The third-order valence-corrected chi connectivity index (χ3v) is 23.7. The van der Waals surface area contributed by atoms with Gasteiger partial charge in [-0.3, -0.25) is 0 Å². The van der Waals surface area contributed by atoms with E-state index in [-0.39, 0.29) is 6.71 Å². The van der Waals surface area contributed by atoms with Crippen molar-refractivity contribution in [3.05, 3.63) is 99.8 Å². The average Bonchev–Trinajstić information content (AvgIpc) is 2.68. The van der Waals surface area contributed by atoms with Crippen LogP contribution >= 0.6 is 0 Å². The third-order valence-electron chi connectivity index (χ3n) is 5.41. The van der Waals surface area contributed by atoms with E-state index in [1.54, 1.807) is 5.47 Å². The zero-order valence-corrected chi connectivity index (χ0v) is 22.6. The van der Waals surface area contributed by atoms with Crippen LogP contribution in [0, 0.1) is 0 Å². The van der Waals surface area contributed by atoms with Crippen LogP contribution in [0.3, 0.4) is 0 Å². The first-order valence-corrected chi connectivity index (χ1v) is 24.1. The van der Waals surface area contributed by atoms with Gasteiger partial charge in [-0.1, -0.05) is 0 Å². The Morgan fingerprint density at radius 2 is 1.00 bits per heavy atom. The van der Waals surface area contributed by atoms with Gasteiger partial charge in [0.25, 0.3) is 0 Å². The molecule has 0 nitrogen and oxygen atoms in total. The average molecular weight is 503 g/mol. The van der Waals surface area contributed by atoms with E-state index >= 15 is 0 Å². The second kappa shape index (κ2) is 9.09. The van der Waals surface area contributed by atoms with Gasteiger partial charge in [0.2, 0.25) is 0 Å². The van der Waals surface area contributed by atoms with Gasteiger partial charge < -0.3 is 0 Å². The van der Waals surface area contributed by atoms with Crippen LogP contribution in [0.4, 0.5) is 0 Å². The van der Waals surface area contributed by atoms with Crippen molar-refractivity contribution >= 4 is 49.6 Å². The van der Waals surface area contributed by atoms with Crippen LogP contribution in [0.25, 0.3) is 5.47 Å². The van der Waals surface area contributed by atoms with Crippen molar-refractivity contribution in [1.29, 1.82) is 0 Å². The van der Waals surface area contributed by atoms with Crippen LogP contribution in [0.2, 0.25) is 34.5 Å². The van der Waals surface area contributed by atoms with E-state index in [1.807, 2.05) is 3.21 Å². The summed E-state index contributed by atoms with van der Waals surface area (Å²) in [7, 11) is -1.52. The Bertz CT molecular complexity index is 897. The zero-order valence-electron chi connectivity index (χ0n) is 18.7. The summed E-state index contributed by atoms with van der Waals surface area (Å²) in [5.41, 5.74) is 5.77. The molecule has 0 fully saturated rings. The molecule has 0 aromatic heterocycles. The van der Waals surface area contributed by atoms with Gasteiger partial charge in [-0.05, 0) is 0 Å². The van der Waals surface area contributed by atoms with Gasteiger partial charge in [-0.2, -0.15) is 0 Å². The van der Waals surface area contributed by atoms with Crippen LogP contribution in [0.5, 0.6) is 0 Å². The normalized spacial score (nSPS) is 13.0. The van der Waals surface area contributed by atoms with Crippen molar-refractivity contribution in [2.45, 2.75) is 34.5 Å². The maximum atomic E-state index is 2.60. The molecule has 0 saturated carbocycles. The van der Waals surface area contributed by atoms with Crippen LogP contribution in [-0.4, -0.2) is 33.2 Å². The molecular formula is C26H33BSiSn. The second-order valence-electron chi connectivity index (χ2n) is 9.91. The topological polar surface area (TPSA) is 0 Å². The Morgan fingerprint density at radius 1 is 0.621 bits per heavy atom. The number of rotatable bonds is 6. The van der Waals surface area contributed by atoms with Crippen molar-refractivity contribution in [3.63, 3.8) is 0 Å². The molecule has 0 aliphatic carbocycles. The summed E-state index contributed by atoms with van der Waals surface area (Å²) < 4.78 is 1.86. The Kier molecular flexibility index (Phi) is 6.95. The van der Waals surface area contributed by atoms with Gasteiger partial charge in [0.15, 0.2) is 0 Å². The molecule has 3 aromatic carbocycles. The van der Waals surface area contributed by atoms with E-state index < -0.39 is 26.5 Å². The van der Waals surface area contributed by atoms with Gasteiger partial charge in [0.05, 0.1) is 0 Å². The Hall–Kier alpha value is -1.52. The summed E-state index contributed by atoms with van der Waals surface area (Å²) >= 11 is -2.41. The number of benzene rings is 3. The predicted octanol–water partition coefficient (Wildman–Crippen LogP) is 6.04. The van der Waals surface area contributed by atoms with Crippen LogP contribution in [0.1, 0.15) is 5.56 Å². The van der Waals surface area contributed by atoms with Crippen molar-refractivity contribution in [3.8, 4) is 0 Å². The quantitative estimate of drug-likeness (QED) is 0.360. The first kappa shape index (κ1) is 22.2. The molecule has 0 heterocycles. The predicted molar refractivity (Wildman–Crippen MR) is 138 cm³/mol. The standard InChI is InChI=1S/C23H24BSi.3CH3.Sn/c1-25(2,3)19-23(20-13-7-4-8-14-20)24(21-15-9-5-10-16-21)22-17-11-6-12-18-22;;;;/h4-18H,1-3H3;3*1H3;. The van der Waals surface area contributed by atoms with Crippen LogP contribution < -0.4 is 10.9 Å². The van der Waals surface area contributed by atoms with Gasteiger partial charge in [-0.25, -0.2) is 0 Å². The molecule has 0 aliphatic heterocycles. The first-order valence-electron chi connectivity index (χ1n) is 10.6. The molecular weight excluding hydrogens is 470 g/mol. The van der Waals surface area contributed by atoms with E-state index in [4.69, 9.17) is 0 Å². The van der Waals surface area contributed by atoms with Crippen molar-refractivity contribution in [1.82, 2.24) is 0 Å². The molecule has 0 amide bonds. The summed E-state index contributed by atoms with van der Waals surface area (Å²) in [6.07, 6.45) is 0. The molecule has 0 radical (unpaired) electrons. The minimum atomic E-state index is -2.41. The summed E-state index contributed by atoms with van der Waals surface area (Å²) in [6, 6.07) is 33.4. The van der Waals surface area contributed by atoms with E-state index in [1.165, 1.54) is 16.5 Å². The van der Waals surface area contributed by atoms with E-state index in [9.17, 15) is 0 Å². The summed E-state index contributed by atoms with van der Waals surface area (Å²) in [6.45, 7) is 7.90. The molecule has 0 saturated heterocycles. The Balaban J connectivity index is 2.44. The van der Waals surface area contributed by atoms with Gasteiger partial charge >= 0.3 is 184 Å². The molecule has 0 unspecified atom stereocenters. The minimum absolute atomic E-state index is 0.275. The third kappa shape index (κ3) is 5.35. The van der Waals surface area contributed by atoms with E-state index in [2.05, 4.69) is 125 Å².